The Kier molecular flexibility index (Phi) is 4.94. The van der Waals surface area contributed by atoms with Crippen LogP contribution in [0.25, 0.3) is 10.4 Å². The lowest BCUT2D eigenvalue weighted by Gasteiger charge is -2.18. The minimum atomic E-state index is -0.817. The van der Waals surface area contributed by atoms with E-state index in [-0.39, 0.29) is 5.91 Å². The first-order valence-electron chi connectivity index (χ1n) is 7.87. The van der Waals surface area contributed by atoms with E-state index < -0.39 is 12.1 Å². The second-order valence-corrected chi connectivity index (χ2v) is 6.89. The van der Waals surface area contributed by atoms with Crippen LogP contribution < -0.4 is 9.47 Å². The van der Waals surface area contributed by atoms with Gasteiger partial charge in [0.1, 0.15) is 18.1 Å². The summed E-state index contributed by atoms with van der Waals surface area (Å²) < 4.78 is 16.3. The summed E-state index contributed by atoms with van der Waals surface area (Å²) in [5.74, 6) is 0.669. The molecular formula is C18H19NO5S. The summed E-state index contributed by atoms with van der Waals surface area (Å²) in [7, 11) is 3.25. The van der Waals surface area contributed by atoms with Gasteiger partial charge >= 0.3 is 5.97 Å². The summed E-state index contributed by atoms with van der Waals surface area (Å²) in [5.41, 5.74) is 0.936. The molecule has 1 aliphatic heterocycles. The van der Waals surface area contributed by atoms with E-state index in [2.05, 4.69) is 0 Å². The van der Waals surface area contributed by atoms with E-state index in [0.29, 0.717) is 23.8 Å². The molecule has 1 amide bonds. The molecular weight excluding hydrogens is 342 g/mol. The van der Waals surface area contributed by atoms with E-state index in [9.17, 15) is 9.59 Å². The predicted molar refractivity (Wildman–Crippen MR) is 94.3 cm³/mol. The Morgan fingerprint density at radius 1 is 1.12 bits per heavy atom. The molecule has 1 aromatic carbocycles. The fourth-order valence-corrected chi connectivity index (χ4v) is 3.32. The van der Waals surface area contributed by atoms with Gasteiger partial charge in [-0.2, -0.15) is 0 Å². The number of esters is 1. The van der Waals surface area contributed by atoms with Gasteiger partial charge in [0.15, 0.2) is 17.6 Å². The lowest BCUT2D eigenvalue weighted by molar-refractivity contribution is -0.137. The van der Waals surface area contributed by atoms with Gasteiger partial charge in [-0.05, 0) is 42.8 Å². The zero-order valence-electron chi connectivity index (χ0n) is 14.3. The zero-order valence-corrected chi connectivity index (χ0v) is 15.1. The maximum atomic E-state index is 12.2. The zero-order chi connectivity index (χ0) is 18.0. The van der Waals surface area contributed by atoms with Gasteiger partial charge in [0.25, 0.3) is 5.91 Å². The second kappa shape index (κ2) is 7.14. The van der Waals surface area contributed by atoms with Crippen molar-refractivity contribution in [3.8, 4) is 21.9 Å². The fourth-order valence-electron chi connectivity index (χ4n) is 2.43. The molecule has 1 aromatic heterocycles. The Balaban J connectivity index is 1.74. The average molecular weight is 361 g/mol. The Morgan fingerprint density at radius 3 is 2.56 bits per heavy atom. The first-order chi connectivity index (χ1) is 12.0. The predicted octanol–water partition coefficient (Wildman–Crippen LogP) is 2.82. The van der Waals surface area contributed by atoms with E-state index in [0.717, 1.165) is 16.2 Å². The fraction of sp³-hybridized carbons (Fsp3) is 0.333. The molecule has 0 saturated carbocycles. The highest BCUT2D eigenvalue weighted by atomic mass is 32.1. The smallest absolute Gasteiger partial charge is 0.349 e. The molecule has 2 aromatic rings. The van der Waals surface area contributed by atoms with Gasteiger partial charge in [0.2, 0.25) is 0 Å². The van der Waals surface area contributed by atoms with Crippen molar-refractivity contribution in [2.45, 2.75) is 13.0 Å². The summed E-state index contributed by atoms with van der Waals surface area (Å²) >= 11 is 1.31. The number of ether oxygens (including phenoxy) is 3. The molecule has 0 N–H and O–H groups in total. The average Bonchev–Trinajstić information content (AvgIpc) is 3.10. The highest BCUT2D eigenvalue weighted by molar-refractivity contribution is 7.17. The highest BCUT2D eigenvalue weighted by Gasteiger charge is 2.22. The maximum absolute atomic E-state index is 12.2. The van der Waals surface area contributed by atoms with Gasteiger partial charge in [0, 0.05) is 19.0 Å². The molecule has 1 atom stereocenters. The Hall–Kier alpha value is -2.54. The molecule has 0 radical (unpaired) electrons. The molecule has 0 aliphatic carbocycles. The minimum Gasteiger partial charge on any atom is -0.486 e. The first-order valence-corrected chi connectivity index (χ1v) is 8.69. The minimum absolute atomic E-state index is 0.253. The van der Waals surface area contributed by atoms with E-state index >= 15 is 0 Å². The maximum Gasteiger partial charge on any atom is 0.349 e. The summed E-state index contributed by atoms with van der Waals surface area (Å²) in [6, 6.07) is 9.23. The largest absolute Gasteiger partial charge is 0.486 e. The number of amides is 1. The standard InChI is InChI=1S/C18H19NO5S/c1-11(17(20)19(2)3)24-18(21)16-7-6-15(25-16)12-4-5-13-14(10-12)23-9-8-22-13/h4-7,10-11H,8-9H2,1-3H3. The molecule has 0 fully saturated rings. The van der Waals surface area contributed by atoms with Gasteiger partial charge in [0.05, 0.1) is 0 Å². The summed E-state index contributed by atoms with van der Waals surface area (Å²) in [6.45, 7) is 2.64. The number of carbonyl (C=O) groups excluding carboxylic acids is 2. The summed E-state index contributed by atoms with van der Waals surface area (Å²) in [6.07, 6.45) is -0.817. The number of thiophene rings is 1. The molecule has 7 heteroatoms. The van der Waals surface area contributed by atoms with E-state index in [1.54, 1.807) is 27.1 Å². The molecule has 132 valence electrons. The van der Waals surface area contributed by atoms with Gasteiger partial charge in [-0.3, -0.25) is 4.79 Å². The van der Waals surface area contributed by atoms with Crippen LogP contribution >= 0.6 is 11.3 Å². The lowest BCUT2D eigenvalue weighted by atomic mass is 10.1. The summed E-state index contributed by atoms with van der Waals surface area (Å²) in [5, 5.41) is 0. The lowest BCUT2D eigenvalue weighted by Crippen LogP contribution is -2.34. The number of likely N-dealkylation sites (N-methyl/N-ethyl adjacent to an activating group) is 1. The Morgan fingerprint density at radius 2 is 1.84 bits per heavy atom. The van der Waals surface area contributed by atoms with Crippen molar-refractivity contribution in [2.24, 2.45) is 0 Å². The number of rotatable bonds is 4. The molecule has 0 bridgehead atoms. The van der Waals surface area contributed by atoms with Crippen molar-refractivity contribution in [3.63, 3.8) is 0 Å². The van der Waals surface area contributed by atoms with Crippen LogP contribution in [0.15, 0.2) is 30.3 Å². The van der Waals surface area contributed by atoms with Crippen LogP contribution in [-0.4, -0.2) is 50.2 Å². The Labute approximate surface area is 149 Å². The molecule has 3 rings (SSSR count). The van der Waals surface area contributed by atoms with Gasteiger partial charge < -0.3 is 19.1 Å². The SMILES string of the molecule is CC(OC(=O)c1ccc(-c2ccc3c(c2)OCCO3)s1)C(=O)N(C)C. The van der Waals surface area contributed by atoms with E-state index in [4.69, 9.17) is 14.2 Å². The highest BCUT2D eigenvalue weighted by Crippen LogP contribution is 2.37. The van der Waals surface area contributed by atoms with E-state index in [1.807, 2.05) is 24.3 Å². The van der Waals surface area contributed by atoms with Crippen molar-refractivity contribution < 1.29 is 23.8 Å². The topological polar surface area (TPSA) is 65.1 Å². The van der Waals surface area contributed by atoms with Crippen molar-refractivity contribution in [3.05, 3.63) is 35.2 Å². The molecule has 1 aliphatic rings. The third-order valence-electron chi connectivity index (χ3n) is 3.71. The molecule has 6 nitrogen and oxygen atoms in total. The third kappa shape index (κ3) is 3.76. The van der Waals surface area contributed by atoms with Crippen molar-refractivity contribution in [2.75, 3.05) is 27.3 Å². The molecule has 1 unspecified atom stereocenters. The first kappa shape index (κ1) is 17.3. The third-order valence-corrected chi connectivity index (χ3v) is 4.82. The monoisotopic (exact) mass is 361 g/mol. The van der Waals surface area contributed by atoms with Crippen LogP contribution in [0.4, 0.5) is 0 Å². The molecule has 2 heterocycles. The van der Waals surface area contributed by atoms with Gasteiger partial charge in [-0.15, -0.1) is 11.3 Å². The second-order valence-electron chi connectivity index (χ2n) is 5.80. The van der Waals surface area contributed by atoms with Crippen LogP contribution in [0.5, 0.6) is 11.5 Å². The van der Waals surface area contributed by atoms with Crippen molar-refractivity contribution >= 4 is 23.2 Å². The number of benzene rings is 1. The number of fused-ring (bicyclic) bond motifs is 1. The van der Waals surface area contributed by atoms with E-state index in [1.165, 1.54) is 16.2 Å². The van der Waals surface area contributed by atoms with Crippen LogP contribution in [0.2, 0.25) is 0 Å². The van der Waals surface area contributed by atoms with Crippen LogP contribution in [0.1, 0.15) is 16.6 Å². The normalized spacial score (nSPS) is 13.9. The number of hydrogen-bond donors (Lipinski definition) is 0. The van der Waals surface area contributed by atoms with Crippen molar-refractivity contribution in [1.29, 1.82) is 0 Å². The quantitative estimate of drug-likeness (QED) is 0.784. The van der Waals surface area contributed by atoms with Crippen molar-refractivity contribution in [1.82, 2.24) is 4.90 Å². The Bertz CT molecular complexity index is 799. The van der Waals surface area contributed by atoms with Crippen LogP contribution in [0, 0.1) is 0 Å². The van der Waals surface area contributed by atoms with Gasteiger partial charge in [-0.25, -0.2) is 4.79 Å². The molecule has 0 spiro atoms. The van der Waals surface area contributed by atoms with Crippen LogP contribution in [0.3, 0.4) is 0 Å². The number of hydrogen-bond acceptors (Lipinski definition) is 6. The number of carbonyl (C=O) groups is 2. The molecule has 25 heavy (non-hydrogen) atoms. The summed E-state index contributed by atoms with van der Waals surface area (Å²) in [4.78, 5) is 26.8. The van der Waals surface area contributed by atoms with Crippen LogP contribution in [-0.2, 0) is 9.53 Å². The van der Waals surface area contributed by atoms with Gasteiger partial charge in [-0.1, -0.05) is 0 Å². The number of nitrogens with zero attached hydrogens (tertiary/aromatic N) is 1. The molecule has 0 saturated heterocycles.